The number of aliphatic hydroxyl groups excluding tert-OH is 1. The van der Waals surface area contributed by atoms with Crippen molar-refractivity contribution in [2.45, 2.75) is 37.3 Å². The van der Waals surface area contributed by atoms with Gasteiger partial charge in [-0.05, 0) is 43.4 Å². The van der Waals surface area contributed by atoms with Crippen LogP contribution in [0.2, 0.25) is 0 Å². The van der Waals surface area contributed by atoms with Crippen molar-refractivity contribution in [1.82, 2.24) is 4.72 Å². The molecule has 1 atom stereocenters. The zero-order chi connectivity index (χ0) is 14.6. The van der Waals surface area contributed by atoms with Crippen molar-refractivity contribution in [2.75, 3.05) is 13.2 Å². The quantitative estimate of drug-likeness (QED) is 0.858. The van der Waals surface area contributed by atoms with Gasteiger partial charge in [0, 0.05) is 19.3 Å². The first-order chi connectivity index (χ1) is 9.53. The third-order valence-corrected chi connectivity index (χ3v) is 5.31. The second-order valence-electron chi connectivity index (χ2n) is 5.16. The Morgan fingerprint density at radius 2 is 1.90 bits per heavy atom. The van der Waals surface area contributed by atoms with Crippen LogP contribution in [0.1, 0.15) is 25.3 Å². The summed E-state index contributed by atoms with van der Waals surface area (Å²) in [5, 5.41) is 8.97. The van der Waals surface area contributed by atoms with Gasteiger partial charge in [-0.15, -0.1) is 0 Å². The lowest BCUT2D eigenvalue weighted by Gasteiger charge is -2.28. The highest BCUT2D eigenvalue weighted by Crippen LogP contribution is 2.20. The molecule has 1 saturated heterocycles. The second-order valence-corrected chi connectivity index (χ2v) is 6.88. The molecule has 0 amide bonds. The summed E-state index contributed by atoms with van der Waals surface area (Å²) in [4.78, 5) is 0.230. The zero-order valence-electron chi connectivity index (χ0n) is 11.6. The summed E-state index contributed by atoms with van der Waals surface area (Å²) in [5.41, 5.74) is 0.696. The normalized spacial score (nSPS) is 18.9. The summed E-state index contributed by atoms with van der Waals surface area (Å²) >= 11 is 0. The predicted octanol–water partition coefficient (Wildman–Crippen LogP) is 1.27. The maximum atomic E-state index is 12.3. The molecule has 0 aliphatic carbocycles. The SMILES string of the molecule is CC(NS(=O)(=O)c1ccc(CO)cc1)C1CCOCC1. The Morgan fingerprint density at radius 3 is 2.45 bits per heavy atom. The molecule has 1 aromatic carbocycles. The largest absolute Gasteiger partial charge is 0.392 e. The standard InChI is InChI=1S/C14H21NO4S/c1-11(13-6-8-19-9-7-13)15-20(17,18)14-4-2-12(10-16)3-5-14/h2-5,11,13,15-16H,6-10H2,1H3. The van der Waals surface area contributed by atoms with Crippen molar-refractivity contribution in [3.8, 4) is 0 Å². The first-order valence-electron chi connectivity index (χ1n) is 6.83. The van der Waals surface area contributed by atoms with E-state index in [2.05, 4.69) is 4.72 Å². The van der Waals surface area contributed by atoms with E-state index < -0.39 is 10.0 Å². The molecule has 1 unspecified atom stereocenters. The van der Waals surface area contributed by atoms with Crippen LogP contribution < -0.4 is 4.72 Å². The Balaban J connectivity index is 2.05. The summed E-state index contributed by atoms with van der Waals surface area (Å²) in [6.07, 6.45) is 1.76. The average molecular weight is 299 g/mol. The van der Waals surface area contributed by atoms with Crippen LogP contribution in [0.4, 0.5) is 0 Å². The lowest BCUT2D eigenvalue weighted by Crippen LogP contribution is -2.40. The van der Waals surface area contributed by atoms with E-state index in [1.54, 1.807) is 12.1 Å². The molecule has 1 aliphatic rings. The van der Waals surface area contributed by atoms with Gasteiger partial charge in [0.2, 0.25) is 10.0 Å². The highest BCUT2D eigenvalue weighted by molar-refractivity contribution is 7.89. The van der Waals surface area contributed by atoms with Gasteiger partial charge < -0.3 is 9.84 Å². The molecule has 5 nitrogen and oxygen atoms in total. The molecule has 112 valence electrons. The van der Waals surface area contributed by atoms with E-state index in [4.69, 9.17) is 9.84 Å². The number of hydrogen-bond donors (Lipinski definition) is 2. The summed E-state index contributed by atoms with van der Waals surface area (Å²) in [5.74, 6) is 0.315. The summed E-state index contributed by atoms with van der Waals surface area (Å²) < 4.78 is 32.6. The van der Waals surface area contributed by atoms with Gasteiger partial charge >= 0.3 is 0 Å². The van der Waals surface area contributed by atoms with Crippen molar-refractivity contribution < 1.29 is 18.3 Å². The molecule has 0 saturated carbocycles. The minimum atomic E-state index is -3.51. The average Bonchev–Trinajstić information content (AvgIpc) is 2.48. The molecule has 0 bridgehead atoms. The molecular weight excluding hydrogens is 278 g/mol. The highest BCUT2D eigenvalue weighted by Gasteiger charge is 2.25. The number of ether oxygens (including phenoxy) is 1. The molecule has 2 N–H and O–H groups in total. The first-order valence-corrected chi connectivity index (χ1v) is 8.31. The van der Waals surface area contributed by atoms with E-state index in [9.17, 15) is 8.42 Å². The maximum Gasteiger partial charge on any atom is 0.240 e. The number of benzene rings is 1. The van der Waals surface area contributed by atoms with Crippen molar-refractivity contribution in [2.24, 2.45) is 5.92 Å². The minimum absolute atomic E-state index is 0.0910. The highest BCUT2D eigenvalue weighted by atomic mass is 32.2. The van der Waals surface area contributed by atoms with E-state index >= 15 is 0 Å². The van der Waals surface area contributed by atoms with Crippen LogP contribution in [0.5, 0.6) is 0 Å². The van der Waals surface area contributed by atoms with Crippen molar-refractivity contribution >= 4 is 10.0 Å². The van der Waals surface area contributed by atoms with Gasteiger partial charge in [-0.2, -0.15) is 0 Å². The molecule has 2 rings (SSSR count). The molecule has 0 spiro atoms. The van der Waals surface area contributed by atoms with Gasteiger partial charge in [-0.1, -0.05) is 12.1 Å². The monoisotopic (exact) mass is 299 g/mol. The molecular formula is C14H21NO4S. The van der Waals surface area contributed by atoms with E-state index in [-0.39, 0.29) is 17.5 Å². The molecule has 6 heteroatoms. The van der Waals surface area contributed by atoms with Gasteiger partial charge in [-0.25, -0.2) is 13.1 Å². The Bertz CT molecular complexity index is 521. The summed E-state index contributed by atoms with van der Waals surface area (Å²) in [7, 11) is -3.51. The molecule has 0 aromatic heterocycles. The fraction of sp³-hybridized carbons (Fsp3) is 0.571. The van der Waals surface area contributed by atoms with Gasteiger partial charge in [0.1, 0.15) is 0 Å². The molecule has 1 aromatic rings. The number of rotatable bonds is 5. The second kappa shape index (κ2) is 6.67. The zero-order valence-corrected chi connectivity index (χ0v) is 12.4. The molecule has 0 radical (unpaired) electrons. The third kappa shape index (κ3) is 3.79. The number of nitrogens with one attached hydrogen (secondary N) is 1. The third-order valence-electron chi connectivity index (χ3n) is 3.73. The maximum absolute atomic E-state index is 12.3. The van der Waals surface area contributed by atoms with Gasteiger partial charge in [0.25, 0.3) is 0 Å². The molecule has 20 heavy (non-hydrogen) atoms. The van der Waals surface area contributed by atoms with E-state index in [0.29, 0.717) is 24.7 Å². The number of aliphatic hydroxyl groups is 1. The lowest BCUT2D eigenvalue weighted by molar-refractivity contribution is 0.0585. The smallest absolute Gasteiger partial charge is 0.240 e. The Labute approximate surface area is 120 Å². The fourth-order valence-electron chi connectivity index (χ4n) is 2.40. The van der Waals surface area contributed by atoms with Crippen LogP contribution in [0, 0.1) is 5.92 Å². The van der Waals surface area contributed by atoms with Crippen LogP contribution in [-0.4, -0.2) is 32.8 Å². The van der Waals surface area contributed by atoms with Crippen LogP contribution in [-0.2, 0) is 21.4 Å². The van der Waals surface area contributed by atoms with Crippen LogP contribution in [0.15, 0.2) is 29.2 Å². The lowest BCUT2D eigenvalue weighted by atomic mass is 9.94. The number of hydrogen-bond acceptors (Lipinski definition) is 4. The minimum Gasteiger partial charge on any atom is -0.392 e. The van der Waals surface area contributed by atoms with Crippen molar-refractivity contribution in [3.63, 3.8) is 0 Å². The van der Waals surface area contributed by atoms with Crippen molar-refractivity contribution in [1.29, 1.82) is 0 Å². The van der Waals surface area contributed by atoms with E-state index in [1.807, 2.05) is 6.92 Å². The Kier molecular flexibility index (Phi) is 5.15. The molecule has 1 aliphatic heterocycles. The van der Waals surface area contributed by atoms with Crippen LogP contribution in [0.3, 0.4) is 0 Å². The van der Waals surface area contributed by atoms with Crippen LogP contribution in [0.25, 0.3) is 0 Å². The fourth-order valence-corrected chi connectivity index (χ4v) is 3.71. The van der Waals surface area contributed by atoms with Gasteiger partial charge in [0.05, 0.1) is 11.5 Å². The predicted molar refractivity (Wildman–Crippen MR) is 75.7 cm³/mol. The Hall–Kier alpha value is -0.950. The molecule has 1 fully saturated rings. The van der Waals surface area contributed by atoms with Gasteiger partial charge in [-0.3, -0.25) is 0 Å². The molecule has 1 heterocycles. The topological polar surface area (TPSA) is 75.6 Å². The summed E-state index contributed by atoms with van der Waals surface area (Å²) in [6.45, 7) is 3.20. The number of sulfonamides is 1. The van der Waals surface area contributed by atoms with E-state index in [1.165, 1.54) is 12.1 Å². The first kappa shape index (κ1) is 15.4. The van der Waals surface area contributed by atoms with Crippen molar-refractivity contribution in [3.05, 3.63) is 29.8 Å². The van der Waals surface area contributed by atoms with Crippen LogP contribution >= 0.6 is 0 Å². The Morgan fingerprint density at radius 1 is 1.30 bits per heavy atom. The van der Waals surface area contributed by atoms with E-state index in [0.717, 1.165) is 12.8 Å². The summed E-state index contributed by atoms with van der Waals surface area (Å²) in [6, 6.07) is 6.16. The van der Waals surface area contributed by atoms with Gasteiger partial charge in [0.15, 0.2) is 0 Å².